The third kappa shape index (κ3) is 21.6. The van der Waals surface area contributed by atoms with Crippen LogP contribution in [0.25, 0.3) is 0 Å². The molecule has 0 saturated carbocycles. The summed E-state index contributed by atoms with van der Waals surface area (Å²) in [5.74, 6) is -3.24. The summed E-state index contributed by atoms with van der Waals surface area (Å²) in [6.45, 7) is 14.7. The summed E-state index contributed by atoms with van der Waals surface area (Å²) < 4.78 is 38.4. The minimum Gasteiger partial charge on any atom is -0.445 e. The zero-order valence-corrected chi connectivity index (χ0v) is 52.0. The molecule has 0 radical (unpaired) electrons. The zero-order chi connectivity index (χ0) is 60.1. The number of benzene rings is 1. The second-order valence-electron chi connectivity index (χ2n) is 21.3. The number of ketones is 1. The lowest BCUT2D eigenvalue weighted by Gasteiger charge is -2.44. The molecule has 2 aromatic rings. The third-order valence-corrected chi connectivity index (χ3v) is 18.0. The highest BCUT2D eigenvalue weighted by atomic mass is 33.1. The highest BCUT2D eigenvalue weighted by Gasteiger charge is 2.50. The van der Waals surface area contributed by atoms with Gasteiger partial charge in [-0.1, -0.05) is 82.2 Å². The van der Waals surface area contributed by atoms with Gasteiger partial charge in [0.25, 0.3) is 0 Å². The standard InChI is InChI=1S/C53H87N8O15PS3/c1-14-34(6)47(41(72-12)27-44(63)60-22-15-16-40(60)48(73-13)36(8)49(64)57-28-43-55-21-25-78-43)61(10,11)52(67)45(32(2)3)58-51(66)46(33(4)5)59(9)53(68)75-30-37-17-18-42(38(26-37)19-23-74-29-35(7)62)80-79-31-39(54)50(65)56-20-24-76-77(69,70)71/h17-18,21,25-26,32-34,36,39-41,45-48H,14-16,19-20,22-24,27-31,54H2,1-13H3,(H4-,56,57,58,64,65,66,69,70,71)/p+1. The Balaban J connectivity index is 1.75. The van der Waals surface area contributed by atoms with E-state index in [4.69, 9.17) is 34.5 Å². The number of nitrogens with zero attached hydrogens (tertiary/aromatic N) is 4. The number of amides is 6. The van der Waals surface area contributed by atoms with Crippen LogP contribution in [0.4, 0.5) is 4.79 Å². The van der Waals surface area contributed by atoms with E-state index in [0.717, 1.165) is 21.9 Å². The maximum absolute atomic E-state index is 15.1. The van der Waals surface area contributed by atoms with Crippen molar-refractivity contribution in [3.63, 3.8) is 0 Å². The number of quaternary nitrogens is 1. The number of hydrogen-bond donors (Lipinski definition) is 6. The minimum atomic E-state index is -4.67. The number of hydrogen-bond acceptors (Lipinski definition) is 18. The molecule has 1 fully saturated rings. The maximum atomic E-state index is 15.1. The molecule has 1 aliphatic rings. The molecule has 9 atom stereocenters. The Labute approximate surface area is 483 Å². The van der Waals surface area contributed by atoms with Crippen LogP contribution in [0.2, 0.25) is 0 Å². The average Bonchev–Trinajstić information content (AvgIpc) is 4.12. The number of nitrogens with one attached hydrogen (secondary N) is 3. The molecule has 1 saturated heterocycles. The number of likely N-dealkylation sites (N-methyl/N-ethyl adjacent to an activating group) is 2. The van der Waals surface area contributed by atoms with Crippen molar-refractivity contribution in [2.24, 2.45) is 29.4 Å². The number of rotatable bonds is 35. The van der Waals surface area contributed by atoms with Crippen LogP contribution in [0.3, 0.4) is 0 Å². The first-order chi connectivity index (χ1) is 37.6. The van der Waals surface area contributed by atoms with Crippen LogP contribution in [0.1, 0.15) is 97.2 Å². The van der Waals surface area contributed by atoms with E-state index < -0.39 is 80.5 Å². The van der Waals surface area contributed by atoms with Gasteiger partial charge in [-0.15, -0.1) is 11.3 Å². The van der Waals surface area contributed by atoms with Crippen molar-refractivity contribution in [1.82, 2.24) is 30.7 Å². The van der Waals surface area contributed by atoms with Crippen LogP contribution in [-0.4, -0.2) is 187 Å². The predicted molar refractivity (Wildman–Crippen MR) is 307 cm³/mol. The molecule has 3 rings (SSSR count). The Hall–Kier alpha value is -4.05. The number of Topliss-reactive ketones (excluding diaryl/α,β-unsaturated/α-hetero) is 1. The molecular formula is C53H88N8O15PS3+. The molecule has 2 heterocycles. The van der Waals surface area contributed by atoms with Crippen LogP contribution in [-0.2, 0) is 76.4 Å². The number of nitrogens with two attached hydrogens (primary N) is 1. The third-order valence-electron chi connectivity index (χ3n) is 14.2. The molecule has 0 spiro atoms. The van der Waals surface area contributed by atoms with Crippen molar-refractivity contribution in [1.29, 1.82) is 0 Å². The van der Waals surface area contributed by atoms with Gasteiger partial charge < -0.3 is 55.3 Å². The van der Waals surface area contributed by atoms with Gasteiger partial charge in [0.2, 0.25) is 23.6 Å². The summed E-state index contributed by atoms with van der Waals surface area (Å²) in [5.41, 5.74) is 7.48. The first-order valence-electron chi connectivity index (χ1n) is 26.9. The monoisotopic (exact) mass is 1200 g/mol. The number of carbonyl (C=O) groups excluding carboxylic acids is 7. The lowest BCUT2D eigenvalue weighted by Crippen LogP contribution is -2.67. The highest BCUT2D eigenvalue weighted by Crippen LogP contribution is 2.37. The smallest absolute Gasteiger partial charge is 0.445 e. The van der Waals surface area contributed by atoms with Gasteiger partial charge in [0.05, 0.1) is 64.4 Å². The van der Waals surface area contributed by atoms with Gasteiger partial charge >= 0.3 is 19.8 Å². The van der Waals surface area contributed by atoms with Crippen molar-refractivity contribution in [2.45, 2.75) is 148 Å². The molecule has 452 valence electrons. The van der Waals surface area contributed by atoms with E-state index in [9.17, 15) is 33.3 Å². The number of phosphoric acid groups is 1. The number of methoxy groups -OCH3 is 2. The van der Waals surface area contributed by atoms with E-state index in [1.165, 1.54) is 58.9 Å². The number of phosphoric ester groups is 1. The topological polar surface area (TPSA) is 305 Å². The molecule has 6 amide bonds. The first kappa shape index (κ1) is 70.2. The summed E-state index contributed by atoms with van der Waals surface area (Å²) in [6.07, 6.45) is 1.98. The van der Waals surface area contributed by atoms with E-state index in [0.29, 0.717) is 37.9 Å². The largest absolute Gasteiger partial charge is 0.469 e. The molecule has 1 aromatic carbocycles. The van der Waals surface area contributed by atoms with E-state index in [1.54, 1.807) is 59.1 Å². The Bertz CT molecular complexity index is 2380. The summed E-state index contributed by atoms with van der Waals surface area (Å²) >= 11 is 1.45. The fourth-order valence-electron chi connectivity index (χ4n) is 9.90. The molecule has 23 nitrogen and oxygen atoms in total. The Morgan fingerprint density at radius 2 is 1.69 bits per heavy atom. The molecule has 0 bridgehead atoms. The molecule has 9 unspecified atom stereocenters. The molecule has 0 aliphatic carbocycles. The summed E-state index contributed by atoms with van der Waals surface area (Å²) in [5, 5.41) is 11.0. The lowest BCUT2D eigenvalue weighted by atomic mass is 9.87. The Morgan fingerprint density at radius 3 is 2.27 bits per heavy atom. The number of likely N-dealkylation sites (tertiary alicyclic amines) is 1. The summed E-state index contributed by atoms with van der Waals surface area (Å²) in [7, 11) is 6.08. The highest BCUT2D eigenvalue weighted by molar-refractivity contribution is 8.76. The Morgan fingerprint density at radius 1 is 0.988 bits per heavy atom. The SMILES string of the molecule is CCC(C)C(C(CC(=O)N1CCCC1C(OC)C(C)C(=O)NCc1nccs1)OC)[N+](C)(C)C(=O)C(NC(=O)C(C(C)C)N(C)C(=O)OCc1ccc(SSCC(N)C(=O)NCCOP(=O)(O)O)c(CCOCC(C)=O)c1)C(C)C. The van der Waals surface area contributed by atoms with E-state index in [-0.39, 0.29) is 84.4 Å². The molecule has 80 heavy (non-hydrogen) atoms. The number of thiazole rings is 1. The van der Waals surface area contributed by atoms with Crippen molar-refractivity contribution < 1.29 is 75.9 Å². The second kappa shape index (κ2) is 33.9. The quantitative estimate of drug-likeness (QED) is 0.0236. The normalized spacial score (nSPS) is 17.0. The maximum Gasteiger partial charge on any atom is 0.469 e. The van der Waals surface area contributed by atoms with Crippen molar-refractivity contribution in [3.05, 3.63) is 45.9 Å². The van der Waals surface area contributed by atoms with E-state index >= 15 is 4.79 Å². The van der Waals surface area contributed by atoms with Crippen molar-refractivity contribution in [2.75, 3.05) is 74.0 Å². The van der Waals surface area contributed by atoms with Crippen molar-refractivity contribution >= 4 is 82.2 Å². The molecule has 1 aliphatic heterocycles. The van der Waals surface area contributed by atoms with Gasteiger partial charge in [-0.2, -0.15) is 0 Å². The number of carbonyl (C=O) groups is 7. The molecule has 1 aromatic heterocycles. The molecule has 27 heteroatoms. The summed E-state index contributed by atoms with van der Waals surface area (Å²) in [6, 6.07) is 1.51. The van der Waals surface area contributed by atoms with Crippen LogP contribution < -0.4 is 21.7 Å². The summed E-state index contributed by atoms with van der Waals surface area (Å²) in [4.78, 5) is 121. The van der Waals surface area contributed by atoms with Crippen LogP contribution in [0.15, 0.2) is 34.7 Å². The van der Waals surface area contributed by atoms with Crippen molar-refractivity contribution in [3.8, 4) is 0 Å². The van der Waals surface area contributed by atoms with Crippen LogP contribution in [0.5, 0.6) is 0 Å². The van der Waals surface area contributed by atoms with Gasteiger partial charge in [0, 0.05) is 62.5 Å². The molecular weight excluding hydrogens is 1120 g/mol. The first-order valence-corrected chi connectivity index (χ1v) is 31.6. The average molecular weight is 1200 g/mol. The fourth-order valence-corrected chi connectivity index (χ4v) is 13.2. The van der Waals surface area contributed by atoms with Gasteiger partial charge in [-0.25, -0.2) is 19.1 Å². The van der Waals surface area contributed by atoms with Crippen LogP contribution in [0, 0.1) is 23.7 Å². The van der Waals surface area contributed by atoms with Crippen LogP contribution >= 0.6 is 40.7 Å². The minimum absolute atomic E-state index is 0.0398. The molecule has 7 N–H and O–H groups in total. The lowest BCUT2D eigenvalue weighted by molar-refractivity contribution is -0.850. The zero-order valence-electron chi connectivity index (χ0n) is 48.7. The van der Waals surface area contributed by atoms with Gasteiger partial charge in [-0.3, -0.25) is 37.9 Å². The van der Waals surface area contributed by atoms with Gasteiger partial charge in [-0.05, 0) is 61.6 Å². The van der Waals surface area contributed by atoms with Gasteiger partial charge in [0.15, 0.2) is 5.78 Å². The number of ether oxygens (including phenoxy) is 4. The Kier molecular flexibility index (Phi) is 29.8. The number of aromatic nitrogens is 1. The fraction of sp³-hybridized carbons (Fsp3) is 0.698. The van der Waals surface area contributed by atoms with Gasteiger partial charge in [0.1, 0.15) is 42.5 Å². The second-order valence-corrected chi connectivity index (χ2v) is 25.9. The predicted octanol–water partition coefficient (Wildman–Crippen LogP) is 4.70. The van der Waals surface area contributed by atoms with E-state index in [2.05, 4.69) is 25.5 Å². The van der Waals surface area contributed by atoms with E-state index in [1.807, 2.05) is 45.2 Å².